The molecule has 11 atom stereocenters. The Morgan fingerprint density at radius 2 is 1.71 bits per heavy atom. The molecular formula is C30H48O4. The van der Waals surface area contributed by atoms with E-state index in [0.29, 0.717) is 36.0 Å². The summed E-state index contributed by atoms with van der Waals surface area (Å²) in [6.07, 6.45) is 9.70. The number of allylic oxidation sites excluding steroid dienone is 2. The van der Waals surface area contributed by atoms with E-state index >= 15 is 0 Å². The Bertz CT molecular complexity index is 877. The van der Waals surface area contributed by atoms with Crippen molar-refractivity contribution < 1.29 is 19.7 Å². The Hall–Kier alpha value is -0.870. The van der Waals surface area contributed by atoms with Crippen LogP contribution in [0.2, 0.25) is 0 Å². The molecule has 0 saturated heterocycles. The van der Waals surface area contributed by atoms with Gasteiger partial charge in [0.2, 0.25) is 0 Å². The van der Waals surface area contributed by atoms with E-state index in [2.05, 4.69) is 47.6 Å². The Kier molecular flexibility index (Phi) is 5.70. The molecule has 0 spiro atoms. The molecule has 11 unspecified atom stereocenters. The maximum atomic E-state index is 12.7. The number of carbonyl (C=O) groups is 1. The maximum absolute atomic E-state index is 12.7. The van der Waals surface area contributed by atoms with Crippen LogP contribution < -0.4 is 0 Å². The van der Waals surface area contributed by atoms with Crippen molar-refractivity contribution in [2.75, 3.05) is 7.11 Å². The molecule has 2 N–H and O–H groups in total. The third kappa shape index (κ3) is 3.00. The van der Waals surface area contributed by atoms with Crippen LogP contribution in [0.3, 0.4) is 0 Å². The Labute approximate surface area is 206 Å². The van der Waals surface area contributed by atoms with Gasteiger partial charge in [-0.3, -0.25) is 4.79 Å². The van der Waals surface area contributed by atoms with E-state index < -0.39 is 12.2 Å². The van der Waals surface area contributed by atoms with E-state index in [0.717, 1.165) is 38.5 Å². The largest absolute Gasteiger partial charge is 0.469 e. The average Bonchev–Trinajstić information content (AvgIpc) is 2.77. The lowest BCUT2D eigenvalue weighted by Crippen LogP contribution is -2.66. The van der Waals surface area contributed by atoms with Gasteiger partial charge in [-0.05, 0) is 103 Å². The predicted molar refractivity (Wildman–Crippen MR) is 134 cm³/mol. The standard InChI is InChI=1S/C30H48O4/c1-17-8-9-19(26(33)34-7)18-12-14-29(5)20(24(17)18)10-11-23-28(4)16-21(31)25(32)27(2,3)22(28)13-15-30(23,29)6/h10,17-19,21-25,31-32H,8-9,11-16H2,1-7H3. The molecule has 5 aliphatic rings. The lowest BCUT2D eigenvalue weighted by Gasteiger charge is -2.71. The fourth-order valence-corrected chi connectivity index (χ4v) is 10.9. The lowest BCUT2D eigenvalue weighted by atomic mass is 9.34. The van der Waals surface area contributed by atoms with Crippen molar-refractivity contribution in [3.63, 3.8) is 0 Å². The van der Waals surface area contributed by atoms with Crippen molar-refractivity contribution in [2.24, 2.45) is 57.2 Å². The highest BCUT2D eigenvalue weighted by atomic mass is 16.5. The number of methoxy groups -OCH3 is 1. The first-order chi connectivity index (χ1) is 15.8. The molecule has 4 saturated carbocycles. The van der Waals surface area contributed by atoms with Crippen molar-refractivity contribution >= 4 is 5.97 Å². The number of aliphatic hydroxyl groups is 2. The van der Waals surface area contributed by atoms with Gasteiger partial charge in [0.1, 0.15) is 0 Å². The van der Waals surface area contributed by atoms with Gasteiger partial charge in [-0.1, -0.05) is 53.2 Å². The van der Waals surface area contributed by atoms with Gasteiger partial charge in [-0.25, -0.2) is 0 Å². The summed E-state index contributed by atoms with van der Waals surface area (Å²) in [5.74, 6) is 2.46. The molecule has 4 nitrogen and oxygen atoms in total. The molecule has 0 amide bonds. The molecule has 0 radical (unpaired) electrons. The average molecular weight is 473 g/mol. The normalized spacial score (nSPS) is 54.0. The van der Waals surface area contributed by atoms with E-state index in [1.54, 1.807) is 12.7 Å². The SMILES string of the molecule is COC(=O)C1CCC(C)C2C3=CCC4C5(C)CC(O)C(O)C(C)(C)C5CCC4(C)C3(C)CCC12. The summed E-state index contributed by atoms with van der Waals surface area (Å²) in [5, 5.41) is 21.9. The molecule has 4 fully saturated rings. The van der Waals surface area contributed by atoms with E-state index in [1.165, 1.54) is 6.42 Å². The number of rotatable bonds is 1. The monoisotopic (exact) mass is 472 g/mol. The zero-order chi connectivity index (χ0) is 24.8. The van der Waals surface area contributed by atoms with E-state index in [1.807, 2.05) is 0 Å². The summed E-state index contributed by atoms with van der Waals surface area (Å²) in [6, 6.07) is 0. The quantitative estimate of drug-likeness (QED) is 0.376. The minimum absolute atomic E-state index is 0.00370. The van der Waals surface area contributed by atoms with E-state index in [4.69, 9.17) is 4.74 Å². The van der Waals surface area contributed by atoms with Gasteiger partial charge >= 0.3 is 5.97 Å². The van der Waals surface area contributed by atoms with Gasteiger partial charge in [-0.2, -0.15) is 0 Å². The van der Waals surface area contributed by atoms with Gasteiger partial charge in [0, 0.05) is 0 Å². The molecule has 192 valence electrons. The molecule has 0 heterocycles. The van der Waals surface area contributed by atoms with Crippen LogP contribution in [0.15, 0.2) is 11.6 Å². The van der Waals surface area contributed by atoms with Crippen molar-refractivity contribution in [1.82, 2.24) is 0 Å². The number of ether oxygens (including phenoxy) is 1. The lowest BCUT2D eigenvalue weighted by molar-refractivity contribution is -0.230. The van der Waals surface area contributed by atoms with Crippen LogP contribution in [0.5, 0.6) is 0 Å². The topological polar surface area (TPSA) is 66.8 Å². The second kappa shape index (κ2) is 7.81. The summed E-state index contributed by atoms with van der Waals surface area (Å²) in [6.45, 7) is 14.3. The van der Waals surface area contributed by atoms with Crippen LogP contribution in [-0.4, -0.2) is 35.5 Å². The summed E-state index contributed by atoms with van der Waals surface area (Å²) in [7, 11) is 1.55. The second-order valence-electron chi connectivity index (χ2n) is 14.2. The Morgan fingerprint density at radius 3 is 2.38 bits per heavy atom. The first kappa shape index (κ1) is 24.8. The molecule has 0 aromatic rings. The van der Waals surface area contributed by atoms with Crippen LogP contribution in [-0.2, 0) is 9.53 Å². The van der Waals surface area contributed by atoms with Crippen LogP contribution in [0.4, 0.5) is 0 Å². The van der Waals surface area contributed by atoms with Crippen molar-refractivity contribution in [3.8, 4) is 0 Å². The highest BCUT2D eigenvalue weighted by Crippen LogP contribution is 2.74. The van der Waals surface area contributed by atoms with Gasteiger partial charge in [0.15, 0.2) is 0 Å². The maximum Gasteiger partial charge on any atom is 0.308 e. The number of carbonyl (C=O) groups excluding carboxylic acids is 1. The summed E-state index contributed by atoms with van der Waals surface area (Å²) >= 11 is 0. The van der Waals surface area contributed by atoms with E-state index in [9.17, 15) is 15.0 Å². The van der Waals surface area contributed by atoms with Crippen molar-refractivity contribution in [1.29, 1.82) is 0 Å². The number of fused-ring (bicyclic) bond motifs is 7. The molecule has 4 heteroatoms. The zero-order valence-electron chi connectivity index (χ0n) is 22.6. The van der Waals surface area contributed by atoms with Crippen molar-refractivity contribution in [3.05, 3.63) is 11.6 Å². The third-order valence-electron chi connectivity index (χ3n) is 12.8. The second-order valence-corrected chi connectivity index (χ2v) is 14.2. The molecule has 34 heavy (non-hydrogen) atoms. The predicted octanol–water partition coefficient (Wildman–Crippen LogP) is 5.76. The zero-order valence-corrected chi connectivity index (χ0v) is 22.6. The van der Waals surface area contributed by atoms with Crippen LogP contribution in [0, 0.1) is 57.2 Å². The first-order valence-electron chi connectivity index (χ1n) is 14.0. The summed E-state index contributed by atoms with van der Waals surface area (Å²) in [4.78, 5) is 12.7. The number of hydrogen-bond donors (Lipinski definition) is 2. The molecular weight excluding hydrogens is 424 g/mol. The molecule has 0 aliphatic heterocycles. The van der Waals surface area contributed by atoms with Crippen molar-refractivity contribution in [2.45, 2.75) is 105 Å². The minimum atomic E-state index is -0.647. The van der Waals surface area contributed by atoms with Gasteiger partial charge in [-0.15, -0.1) is 0 Å². The summed E-state index contributed by atoms with van der Waals surface area (Å²) < 4.78 is 5.25. The summed E-state index contributed by atoms with van der Waals surface area (Å²) in [5.41, 5.74) is 1.68. The minimum Gasteiger partial charge on any atom is -0.469 e. The van der Waals surface area contributed by atoms with E-state index in [-0.39, 0.29) is 33.5 Å². The number of esters is 1. The Morgan fingerprint density at radius 1 is 1.00 bits per heavy atom. The van der Waals surface area contributed by atoms with Gasteiger partial charge < -0.3 is 14.9 Å². The van der Waals surface area contributed by atoms with Crippen LogP contribution in [0.1, 0.15) is 92.9 Å². The molecule has 5 aliphatic carbocycles. The van der Waals surface area contributed by atoms with Crippen LogP contribution >= 0.6 is 0 Å². The fourth-order valence-electron chi connectivity index (χ4n) is 10.9. The highest BCUT2D eigenvalue weighted by molar-refractivity contribution is 5.73. The van der Waals surface area contributed by atoms with Crippen LogP contribution in [0.25, 0.3) is 0 Å². The third-order valence-corrected chi connectivity index (χ3v) is 12.8. The molecule has 0 aromatic heterocycles. The highest BCUT2D eigenvalue weighted by Gasteiger charge is 2.68. The fraction of sp³-hybridized carbons (Fsp3) is 0.900. The number of hydrogen-bond acceptors (Lipinski definition) is 4. The molecule has 5 rings (SSSR count). The van der Waals surface area contributed by atoms with Gasteiger partial charge in [0.25, 0.3) is 0 Å². The molecule has 0 aromatic carbocycles. The number of aliphatic hydroxyl groups excluding tert-OH is 2. The molecule has 0 bridgehead atoms. The first-order valence-corrected chi connectivity index (χ1v) is 14.0. The Balaban J connectivity index is 1.56. The smallest absolute Gasteiger partial charge is 0.308 e. The van der Waals surface area contributed by atoms with Gasteiger partial charge in [0.05, 0.1) is 25.2 Å².